The van der Waals surface area contributed by atoms with Crippen LogP contribution >= 0.6 is 11.8 Å². The Hall–Kier alpha value is -4.03. The molecule has 1 heterocycles. The predicted octanol–water partition coefficient (Wildman–Crippen LogP) is 7.07. The molecule has 1 saturated heterocycles. The van der Waals surface area contributed by atoms with Crippen molar-refractivity contribution in [2.75, 3.05) is 0 Å². The summed E-state index contributed by atoms with van der Waals surface area (Å²) in [5.74, 6) is -1.86. The van der Waals surface area contributed by atoms with E-state index in [1.807, 2.05) is 98.8 Å². The van der Waals surface area contributed by atoms with Gasteiger partial charge in [0.1, 0.15) is 0 Å². The smallest absolute Gasteiger partial charge is 0.229 e. The molecule has 0 bridgehead atoms. The van der Waals surface area contributed by atoms with Gasteiger partial charge in [0.25, 0.3) is 0 Å². The molecule has 5 atom stereocenters. The van der Waals surface area contributed by atoms with Crippen LogP contribution in [-0.4, -0.2) is 33.0 Å². The number of carbonyl (C=O) groups excluding carboxylic acids is 2. The van der Waals surface area contributed by atoms with Crippen LogP contribution in [0.1, 0.15) is 54.8 Å². The minimum atomic E-state index is -1.19. The van der Waals surface area contributed by atoms with E-state index >= 15 is 0 Å². The van der Waals surface area contributed by atoms with Crippen LogP contribution in [0.3, 0.4) is 0 Å². The molecule has 0 aromatic heterocycles. The normalized spacial score (nSPS) is 22.7. The fourth-order valence-electron chi connectivity index (χ4n) is 5.48. The summed E-state index contributed by atoms with van der Waals surface area (Å²) in [6.07, 6.45) is 0. The Bertz CT molecular complexity index is 1360. The zero-order chi connectivity index (χ0) is 27.5. The van der Waals surface area contributed by atoms with Gasteiger partial charge in [0.15, 0.2) is 11.6 Å². The van der Waals surface area contributed by atoms with Gasteiger partial charge in [-0.05, 0) is 25.0 Å². The standard InChI is InChI=1S/C33H29NO4S/c1-21-13-17-25(18-14-21)30(35)32-27(23-9-5-3-6-10-23)29(34(37)38)28(24-11-7-4-8-12-24)33(39-32)31(36)26-19-15-22(2)16-20-26/h3-20,27-29,32-33H,1-2H3/t27-,28+,29?,32-,33+. The highest BCUT2D eigenvalue weighted by Crippen LogP contribution is 2.51. The number of thioether (sulfide) groups is 1. The first-order chi connectivity index (χ1) is 18.8. The Morgan fingerprint density at radius 1 is 0.615 bits per heavy atom. The van der Waals surface area contributed by atoms with E-state index in [2.05, 4.69) is 0 Å². The summed E-state index contributed by atoms with van der Waals surface area (Å²) in [4.78, 5) is 40.9. The van der Waals surface area contributed by atoms with E-state index < -0.39 is 28.4 Å². The van der Waals surface area contributed by atoms with Gasteiger partial charge in [-0.25, -0.2) is 0 Å². The van der Waals surface area contributed by atoms with Crippen LogP contribution < -0.4 is 0 Å². The average Bonchev–Trinajstić information content (AvgIpc) is 2.97. The summed E-state index contributed by atoms with van der Waals surface area (Å²) < 4.78 is 0. The highest BCUT2D eigenvalue weighted by molar-refractivity contribution is 8.02. The van der Waals surface area contributed by atoms with Gasteiger partial charge >= 0.3 is 0 Å². The van der Waals surface area contributed by atoms with Crippen molar-refractivity contribution in [3.05, 3.63) is 153 Å². The lowest BCUT2D eigenvalue weighted by atomic mass is 9.74. The molecule has 0 radical (unpaired) electrons. The van der Waals surface area contributed by atoms with E-state index in [-0.39, 0.29) is 16.5 Å². The van der Waals surface area contributed by atoms with Crippen molar-refractivity contribution in [3.63, 3.8) is 0 Å². The molecule has 39 heavy (non-hydrogen) atoms. The van der Waals surface area contributed by atoms with Crippen molar-refractivity contribution in [1.29, 1.82) is 0 Å². The van der Waals surface area contributed by atoms with Gasteiger partial charge in [-0.15, -0.1) is 11.8 Å². The maximum Gasteiger partial charge on any atom is 0.229 e. The molecule has 4 aromatic carbocycles. The summed E-state index contributed by atoms with van der Waals surface area (Å²) in [6, 6.07) is 31.8. The molecule has 1 fully saturated rings. The molecule has 0 spiro atoms. The number of rotatable bonds is 7. The first kappa shape index (κ1) is 26.6. The topological polar surface area (TPSA) is 77.3 Å². The number of nitrogens with zero attached hydrogens (tertiary/aromatic N) is 1. The van der Waals surface area contributed by atoms with Gasteiger partial charge in [-0.1, -0.05) is 120 Å². The number of aryl methyl sites for hydroxylation is 2. The molecular formula is C33H29NO4S. The molecular weight excluding hydrogens is 506 g/mol. The zero-order valence-corrected chi connectivity index (χ0v) is 22.6. The van der Waals surface area contributed by atoms with E-state index in [4.69, 9.17) is 0 Å². The molecule has 1 unspecified atom stereocenters. The van der Waals surface area contributed by atoms with Crippen LogP contribution in [0, 0.1) is 24.0 Å². The molecule has 0 amide bonds. The maximum absolute atomic E-state index is 14.1. The van der Waals surface area contributed by atoms with Crippen LogP contribution in [0.5, 0.6) is 0 Å². The van der Waals surface area contributed by atoms with Gasteiger partial charge in [-0.3, -0.25) is 19.7 Å². The molecule has 4 aromatic rings. The third-order valence-electron chi connectivity index (χ3n) is 7.48. The first-order valence-corrected chi connectivity index (χ1v) is 13.9. The third kappa shape index (κ3) is 5.43. The molecule has 0 aliphatic carbocycles. The third-order valence-corrected chi connectivity index (χ3v) is 9.08. The minimum absolute atomic E-state index is 0.200. The summed E-state index contributed by atoms with van der Waals surface area (Å²) >= 11 is 1.27. The van der Waals surface area contributed by atoms with Gasteiger partial charge in [0, 0.05) is 16.1 Å². The second kappa shape index (κ2) is 11.4. The van der Waals surface area contributed by atoms with Gasteiger partial charge in [-0.2, -0.15) is 0 Å². The van der Waals surface area contributed by atoms with Gasteiger partial charge < -0.3 is 0 Å². The fraction of sp³-hybridized carbons (Fsp3) is 0.212. The largest absolute Gasteiger partial charge is 0.293 e. The van der Waals surface area contributed by atoms with Crippen LogP contribution in [0.2, 0.25) is 0 Å². The molecule has 0 N–H and O–H groups in total. The summed E-state index contributed by atoms with van der Waals surface area (Å²) in [6.45, 7) is 3.89. The molecule has 5 rings (SSSR count). The number of benzene rings is 4. The second-order valence-electron chi connectivity index (χ2n) is 10.1. The predicted molar refractivity (Wildman–Crippen MR) is 155 cm³/mol. The van der Waals surface area contributed by atoms with Gasteiger partial charge in [0.05, 0.1) is 22.3 Å². The van der Waals surface area contributed by atoms with Crippen molar-refractivity contribution in [2.45, 2.75) is 42.2 Å². The van der Waals surface area contributed by atoms with Crippen LogP contribution in [0.15, 0.2) is 109 Å². The quantitative estimate of drug-likeness (QED) is 0.144. The number of hydrogen-bond donors (Lipinski definition) is 0. The number of hydrogen-bond acceptors (Lipinski definition) is 5. The number of ketones is 2. The molecule has 5 nitrogen and oxygen atoms in total. The highest BCUT2D eigenvalue weighted by atomic mass is 32.2. The number of nitro groups is 1. The van der Waals surface area contributed by atoms with E-state index in [9.17, 15) is 19.7 Å². The van der Waals surface area contributed by atoms with E-state index in [0.717, 1.165) is 22.3 Å². The van der Waals surface area contributed by atoms with Crippen molar-refractivity contribution >= 4 is 23.3 Å². The molecule has 0 saturated carbocycles. The molecule has 196 valence electrons. The zero-order valence-electron chi connectivity index (χ0n) is 21.8. The van der Waals surface area contributed by atoms with Crippen LogP contribution in [0.25, 0.3) is 0 Å². The lowest BCUT2D eigenvalue weighted by molar-refractivity contribution is -0.531. The summed E-state index contributed by atoms with van der Waals surface area (Å²) in [5.41, 5.74) is 4.45. The monoisotopic (exact) mass is 535 g/mol. The number of carbonyl (C=O) groups is 2. The highest BCUT2D eigenvalue weighted by Gasteiger charge is 2.57. The van der Waals surface area contributed by atoms with Crippen molar-refractivity contribution in [1.82, 2.24) is 0 Å². The Kier molecular flexibility index (Phi) is 7.75. The van der Waals surface area contributed by atoms with Crippen LogP contribution in [-0.2, 0) is 0 Å². The fourth-order valence-corrected chi connectivity index (χ4v) is 7.29. The second-order valence-corrected chi connectivity index (χ2v) is 11.4. The van der Waals surface area contributed by atoms with E-state index in [1.165, 1.54) is 11.8 Å². The maximum atomic E-state index is 14.1. The lowest BCUT2D eigenvalue weighted by Gasteiger charge is -2.42. The summed E-state index contributed by atoms with van der Waals surface area (Å²) in [7, 11) is 0. The minimum Gasteiger partial charge on any atom is -0.293 e. The Morgan fingerprint density at radius 2 is 0.974 bits per heavy atom. The Morgan fingerprint density at radius 3 is 1.31 bits per heavy atom. The van der Waals surface area contributed by atoms with Gasteiger partial charge in [0.2, 0.25) is 6.04 Å². The lowest BCUT2D eigenvalue weighted by Crippen LogP contribution is -2.51. The number of Topliss-reactive ketones (excluding diaryl/α,β-unsaturated/α-hetero) is 2. The average molecular weight is 536 g/mol. The first-order valence-electron chi connectivity index (χ1n) is 13.0. The molecule has 1 aliphatic heterocycles. The van der Waals surface area contributed by atoms with Crippen molar-refractivity contribution in [3.8, 4) is 0 Å². The van der Waals surface area contributed by atoms with Crippen LogP contribution in [0.4, 0.5) is 0 Å². The van der Waals surface area contributed by atoms with E-state index in [1.54, 1.807) is 24.3 Å². The SMILES string of the molecule is Cc1ccc(C(=O)[C@H]2S[C@@H](C(=O)c3ccc(C)cc3)[C@H](c3ccccc3)C([N+](=O)[O-])[C@@H]2c2ccccc2)cc1. The Labute approximate surface area is 232 Å². The van der Waals surface area contributed by atoms with Crippen molar-refractivity contribution in [2.24, 2.45) is 0 Å². The molecule has 6 heteroatoms. The van der Waals surface area contributed by atoms with E-state index in [0.29, 0.717) is 11.1 Å². The van der Waals surface area contributed by atoms with Crippen molar-refractivity contribution < 1.29 is 14.5 Å². The Balaban J connectivity index is 1.70. The molecule has 1 aliphatic rings. The summed E-state index contributed by atoms with van der Waals surface area (Å²) in [5, 5.41) is 11.4.